The van der Waals surface area contributed by atoms with Crippen LogP contribution in [0.1, 0.15) is 25.3 Å². The third-order valence-corrected chi connectivity index (χ3v) is 7.20. The van der Waals surface area contributed by atoms with Crippen LogP contribution in [0.25, 0.3) is 10.9 Å². The molecule has 140 valence electrons. The highest BCUT2D eigenvalue weighted by molar-refractivity contribution is 7.91. The number of piperidine rings is 1. The van der Waals surface area contributed by atoms with Crippen molar-refractivity contribution in [2.24, 2.45) is 5.92 Å². The molecule has 3 aromatic rings. The van der Waals surface area contributed by atoms with Crippen molar-refractivity contribution in [2.45, 2.75) is 36.5 Å². The Kier molecular flexibility index (Phi) is 4.64. The molecule has 1 aromatic heterocycles. The molecule has 0 amide bonds. The Bertz CT molecular complexity index is 1070. The average molecular weight is 381 g/mol. The lowest BCUT2D eigenvalue weighted by Gasteiger charge is -2.34. The molecule has 2 aromatic carbocycles. The highest BCUT2D eigenvalue weighted by Gasteiger charge is 2.28. The van der Waals surface area contributed by atoms with Crippen LogP contribution in [0.4, 0.5) is 5.69 Å². The first kappa shape index (κ1) is 18.0. The van der Waals surface area contributed by atoms with Crippen LogP contribution in [-0.4, -0.2) is 26.5 Å². The van der Waals surface area contributed by atoms with Gasteiger partial charge in [-0.15, -0.1) is 0 Å². The van der Waals surface area contributed by atoms with Gasteiger partial charge < -0.3 is 4.90 Å². The predicted octanol–water partition coefficient (Wildman–Crippen LogP) is 4.61. The van der Waals surface area contributed by atoms with Crippen LogP contribution >= 0.6 is 0 Å². The molecule has 1 saturated heterocycles. The maximum atomic E-state index is 13.4. The van der Waals surface area contributed by atoms with E-state index in [1.807, 2.05) is 43.3 Å². The quantitative estimate of drug-likeness (QED) is 0.666. The van der Waals surface area contributed by atoms with Crippen LogP contribution in [0, 0.1) is 12.8 Å². The van der Waals surface area contributed by atoms with E-state index in [-0.39, 0.29) is 0 Å². The Labute approximate surface area is 160 Å². The van der Waals surface area contributed by atoms with Crippen molar-refractivity contribution in [1.82, 2.24) is 4.98 Å². The summed E-state index contributed by atoms with van der Waals surface area (Å²) < 4.78 is 26.9. The fourth-order valence-electron chi connectivity index (χ4n) is 3.71. The molecule has 5 heteroatoms. The number of pyridine rings is 1. The van der Waals surface area contributed by atoms with Gasteiger partial charge in [-0.1, -0.05) is 42.8 Å². The summed E-state index contributed by atoms with van der Waals surface area (Å²) in [5.41, 5.74) is 2.66. The van der Waals surface area contributed by atoms with Gasteiger partial charge in [0.2, 0.25) is 9.84 Å². The number of rotatable bonds is 3. The molecular formula is C22H24N2O2S. The van der Waals surface area contributed by atoms with E-state index in [0.29, 0.717) is 15.7 Å². The summed E-state index contributed by atoms with van der Waals surface area (Å²) in [5.74, 6) is 0.673. The van der Waals surface area contributed by atoms with E-state index < -0.39 is 9.84 Å². The molecule has 0 spiro atoms. The van der Waals surface area contributed by atoms with E-state index in [1.165, 1.54) is 6.20 Å². The second-order valence-corrected chi connectivity index (χ2v) is 9.39. The summed E-state index contributed by atoms with van der Waals surface area (Å²) >= 11 is 0. The van der Waals surface area contributed by atoms with E-state index in [9.17, 15) is 8.42 Å². The van der Waals surface area contributed by atoms with Gasteiger partial charge in [0.15, 0.2) is 0 Å². The fraction of sp³-hybridized carbons (Fsp3) is 0.318. The number of anilines is 1. The first-order chi connectivity index (χ1) is 13.0. The standard InChI is InChI=1S/C22H24N2O2S/c1-16-7-9-18(10-8-16)27(25,26)21-15-23-20-6-4-3-5-19(20)22(21)24-13-11-17(2)12-14-24/h3-10,15,17H,11-14H2,1-2H3. The maximum Gasteiger partial charge on any atom is 0.210 e. The average Bonchev–Trinajstić information content (AvgIpc) is 2.68. The largest absolute Gasteiger partial charge is 0.370 e. The smallest absolute Gasteiger partial charge is 0.210 e. The van der Waals surface area contributed by atoms with Gasteiger partial charge in [-0.05, 0) is 43.9 Å². The molecule has 4 nitrogen and oxygen atoms in total. The molecule has 0 atom stereocenters. The van der Waals surface area contributed by atoms with Gasteiger partial charge in [0, 0.05) is 24.7 Å². The van der Waals surface area contributed by atoms with Gasteiger partial charge in [-0.3, -0.25) is 4.98 Å². The molecule has 0 N–H and O–H groups in total. The molecule has 1 aliphatic heterocycles. The normalized spacial score (nSPS) is 16.0. The number of hydrogen-bond donors (Lipinski definition) is 0. The van der Waals surface area contributed by atoms with Crippen molar-refractivity contribution >= 4 is 26.4 Å². The minimum atomic E-state index is -3.64. The monoisotopic (exact) mass is 380 g/mol. The van der Waals surface area contributed by atoms with Gasteiger partial charge in [0.1, 0.15) is 4.90 Å². The number of para-hydroxylation sites is 1. The molecule has 0 saturated carbocycles. The third kappa shape index (κ3) is 3.32. The number of sulfone groups is 1. The Morgan fingerprint density at radius 2 is 1.67 bits per heavy atom. The zero-order chi connectivity index (χ0) is 19.0. The fourth-order valence-corrected chi connectivity index (χ4v) is 5.14. The summed E-state index contributed by atoms with van der Waals surface area (Å²) in [6, 6.07) is 14.8. The number of nitrogens with zero attached hydrogens (tertiary/aromatic N) is 2. The molecule has 27 heavy (non-hydrogen) atoms. The Hall–Kier alpha value is -2.40. The molecule has 1 aliphatic rings. The van der Waals surface area contributed by atoms with Crippen molar-refractivity contribution in [3.8, 4) is 0 Å². The minimum Gasteiger partial charge on any atom is -0.370 e. The van der Waals surface area contributed by atoms with Crippen LogP contribution < -0.4 is 4.90 Å². The number of aromatic nitrogens is 1. The molecule has 0 radical (unpaired) electrons. The van der Waals surface area contributed by atoms with E-state index in [1.54, 1.807) is 12.1 Å². The lowest BCUT2D eigenvalue weighted by molar-refractivity contribution is 0.437. The van der Waals surface area contributed by atoms with E-state index >= 15 is 0 Å². The van der Waals surface area contributed by atoms with Crippen molar-refractivity contribution < 1.29 is 8.42 Å². The SMILES string of the molecule is Cc1ccc(S(=O)(=O)c2cnc3ccccc3c2N2CCC(C)CC2)cc1. The van der Waals surface area contributed by atoms with Crippen LogP contribution in [-0.2, 0) is 9.84 Å². The first-order valence-electron chi connectivity index (χ1n) is 9.41. The highest BCUT2D eigenvalue weighted by atomic mass is 32.2. The van der Waals surface area contributed by atoms with E-state index in [0.717, 1.165) is 48.1 Å². The summed E-state index contributed by atoms with van der Waals surface area (Å²) in [6.07, 6.45) is 3.67. The molecule has 0 aliphatic carbocycles. The molecule has 0 bridgehead atoms. The number of benzene rings is 2. The summed E-state index contributed by atoms with van der Waals surface area (Å²) in [6.45, 7) is 5.94. The second kappa shape index (κ2) is 6.97. The third-order valence-electron chi connectivity index (χ3n) is 5.43. The van der Waals surface area contributed by atoms with E-state index in [4.69, 9.17) is 0 Å². The number of fused-ring (bicyclic) bond motifs is 1. The van der Waals surface area contributed by atoms with Crippen LogP contribution in [0.2, 0.25) is 0 Å². The maximum absolute atomic E-state index is 13.4. The Morgan fingerprint density at radius 3 is 2.37 bits per heavy atom. The highest BCUT2D eigenvalue weighted by Crippen LogP contribution is 2.37. The van der Waals surface area contributed by atoms with Gasteiger partial charge in [0.05, 0.1) is 16.1 Å². The first-order valence-corrected chi connectivity index (χ1v) is 10.9. The van der Waals surface area contributed by atoms with Gasteiger partial charge in [0.25, 0.3) is 0 Å². The van der Waals surface area contributed by atoms with Gasteiger partial charge >= 0.3 is 0 Å². The van der Waals surface area contributed by atoms with Crippen molar-refractivity contribution in [1.29, 1.82) is 0 Å². The molecular weight excluding hydrogens is 356 g/mol. The summed E-state index contributed by atoms with van der Waals surface area (Å²) in [4.78, 5) is 7.30. The molecule has 4 rings (SSSR count). The Balaban J connectivity index is 1.92. The lowest BCUT2D eigenvalue weighted by atomic mass is 9.98. The predicted molar refractivity (Wildman–Crippen MR) is 109 cm³/mol. The molecule has 0 unspecified atom stereocenters. The summed E-state index contributed by atoms with van der Waals surface area (Å²) in [7, 11) is -3.64. The van der Waals surface area contributed by atoms with Gasteiger partial charge in [-0.2, -0.15) is 0 Å². The minimum absolute atomic E-state index is 0.305. The van der Waals surface area contributed by atoms with Crippen LogP contribution in [0.3, 0.4) is 0 Å². The van der Waals surface area contributed by atoms with Gasteiger partial charge in [-0.25, -0.2) is 8.42 Å². The number of aryl methyl sites for hydroxylation is 1. The molecule has 1 fully saturated rings. The van der Waals surface area contributed by atoms with Crippen molar-refractivity contribution in [2.75, 3.05) is 18.0 Å². The summed E-state index contributed by atoms with van der Waals surface area (Å²) in [5, 5.41) is 0.903. The topological polar surface area (TPSA) is 50.3 Å². The van der Waals surface area contributed by atoms with E-state index in [2.05, 4.69) is 16.8 Å². The van der Waals surface area contributed by atoms with Crippen LogP contribution in [0.5, 0.6) is 0 Å². The van der Waals surface area contributed by atoms with Crippen molar-refractivity contribution in [3.05, 3.63) is 60.3 Å². The second-order valence-electron chi connectivity index (χ2n) is 7.47. The zero-order valence-electron chi connectivity index (χ0n) is 15.7. The zero-order valence-corrected chi connectivity index (χ0v) is 16.5. The number of hydrogen-bond acceptors (Lipinski definition) is 4. The van der Waals surface area contributed by atoms with Crippen molar-refractivity contribution in [3.63, 3.8) is 0 Å². The molecule has 2 heterocycles. The lowest BCUT2D eigenvalue weighted by Crippen LogP contribution is -2.34. The Morgan fingerprint density at radius 1 is 1.00 bits per heavy atom. The van der Waals surface area contributed by atoms with Crippen LogP contribution in [0.15, 0.2) is 64.5 Å².